The first-order chi connectivity index (χ1) is 18.3. The summed E-state index contributed by atoms with van der Waals surface area (Å²) >= 11 is 6.32. The summed E-state index contributed by atoms with van der Waals surface area (Å²) < 4.78 is 6.63. The topological polar surface area (TPSA) is 108 Å². The molecule has 8 nitrogen and oxygen atoms in total. The fourth-order valence-corrected chi connectivity index (χ4v) is 6.78. The number of hydrogen-bond donors (Lipinski definition) is 3. The molecular weight excluding hydrogens is 506 g/mol. The maximum atomic E-state index is 14.0. The lowest BCUT2D eigenvalue weighted by molar-refractivity contribution is -0.144. The van der Waals surface area contributed by atoms with E-state index in [4.69, 9.17) is 16.3 Å². The van der Waals surface area contributed by atoms with E-state index in [-0.39, 0.29) is 24.3 Å². The molecule has 202 valence electrons. The van der Waals surface area contributed by atoms with Crippen LogP contribution in [0.4, 0.5) is 5.69 Å². The summed E-state index contributed by atoms with van der Waals surface area (Å²) in [5.41, 5.74) is -0.511. The van der Waals surface area contributed by atoms with Crippen LogP contribution in [0.3, 0.4) is 0 Å². The Morgan fingerprint density at radius 1 is 1.05 bits per heavy atom. The quantitative estimate of drug-likeness (QED) is 0.400. The van der Waals surface area contributed by atoms with Crippen molar-refractivity contribution in [3.8, 4) is 0 Å². The standard InChI is InChI=1S/C29H34ClN3O5/c1-28-14-15-29(38-28)23(22(28)25(35)31-18-19-10-4-2-5-11-19)27(37)33(16-8-3-9-17-34)24(29)26(36)32-21-13-7-6-12-20(21)30/h2,4-7,10-13,22-24,34H,3,8-9,14-18H2,1H3,(H,31,35)(H,32,36)/t22-,23-,24?,28+,29?/m0/s1. The van der Waals surface area contributed by atoms with Crippen LogP contribution < -0.4 is 10.6 Å². The van der Waals surface area contributed by atoms with E-state index in [1.807, 2.05) is 37.3 Å². The normalized spacial score (nSPS) is 29.4. The number of carbonyl (C=O) groups excluding carboxylic acids is 3. The highest BCUT2D eigenvalue weighted by molar-refractivity contribution is 6.33. The molecule has 2 aromatic carbocycles. The third kappa shape index (κ3) is 4.59. The second-order valence-corrected chi connectivity index (χ2v) is 11.1. The number of rotatable bonds is 10. The average Bonchev–Trinajstić information content (AvgIpc) is 3.48. The first-order valence-corrected chi connectivity index (χ1v) is 13.7. The number of unbranched alkanes of at least 4 members (excludes halogenated alkanes) is 2. The van der Waals surface area contributed by atoms with Gasteiger partial charge in [-0.15, -0.1) is 0 Å². The first kappa shape index (κ1) is 26.7. The molecule has 3 fully saturated rings. The minimum absolute atomic E-state index is 0.0715. The fourth-order valence-electron chi connectivity index (χ4n) is 6.60. The van der Waals surface area contributed by atoms with Gasteiger partial charge in [-0.3, -0.25) is 14.4 Å². The van der Waals surface area contributed by atoms with Crippen molar-refractivity contribution in [2.75, 3.05) is 18.5 Å². The number of benzene rings is 2. The second-order valence-electron chi connectivity index (χ2n) is 10.7. The van der Waals surface area contributed by atoms with Crippen molar-refractivity contribution in [3.63, 3.8) is 0 Å². The molecule has 0 radical (unpaired) electrons. The number of aliphatic hydroxyl groups excluding tert-OH is 1. The third-order valence-electron chi connectivity index (χ3n) is 8.31. The van der Waals surface area contributed by atoms with Crippen molar-refractivity contribution in [3.05, 3.63) is 65.2 Å². The van der Waals surface area contributed by atoms with Gasteiger partial charge in [0.05, 0.1) is 28.1 Å². The van der Waals surface area contributed by atoms with Gasteiger partial charge in [-0.2, -0.15) is 0 Å². The van der Waals surface area contributed by atoms with Crippen molar-refractivity contribution < 1.29 is 24.2 Å². The lowest BCUT2D eigenvalue weighted by Gasteiger charge is -2.33. The van der Waals surface area contributed by atoms with E-state index < -0.39 is 29.1 Å². The Hall–Kier alpha value is -2.94. The van der Waals surface area contributed by atoms with Gasteiger partial charge in [0.1, 0.15) is 11.6 Å². The lowest BCUT2D eigenvalue weighted by atomic mass is 9.66. The number of nitrogens with one attached hydrogen (secondary N) is 2. The van der Waals surface area contributed by atoms with E-state index in [1.54, 1.807) is 29.2 Å². The van der Waals surface area contributed by atoms with Crippen molar-refractivity contribution in [1.82, 2.24) is 10.2 Å². The van der Waals surface area contributed by atoms with Gasteiger partial charge in [0.2, 0.25) is 17.7 Å². The van der Waals surface area contributed by atoms with Gasteiger partial charge in [0.15, 0.2) is 0 Å². The van der Waals surface area contributed by atoms with Crippen molar-refractivity contribution in [2.45, 2.75) is 62.8 Å². The minimum atomic E-state index is -1.09. The maximum Gasteiger partial charge on any atom is 0.250 e. The van der Waals surface area contributed by atoms with E-state index in [9.17, 15) is 19.5 Å². The Morgan fingerprint density at radius 2 is 1.79 bits per heavy atom. The molecule has 3 N–H and O–H groups in total. The molecule has 2 aromatic rings. The number of hydrogen-bond acceptors (Lipinski definition) is 5. The molecule has 5 atom stereocenters. The summed E-state index contributed by atoms with van der Waals surface area (Å²) in [5.74, 6) is -2.28. The fraction of sp³-hybridized carbons (Fsp3) is 0.483. The molecule has 9 heteroatoms. The van der Waals surface area contributed by atoms with Crippen molar-refractivity contribution in [2.24, 2.45) is 11.8 Å². The maximum absolute atomic E-state index is 14.0. The van der Waals surface area contributed by atoms with E-state index >= 15 is 0 Å². The highest BCUT2D eigenvalue weighted by Gasteiger charge is 2.77. The van der Waals surface area contributed by atoms with Crippen LogP contribution in [0.5, 0.6) is 0 Å². The Labute approximate surface area is 227 Å². The van der Waals surface area contributed by atoms with Crippen LogP contribution in [0.2, 0.25) is 5.02 Å². The number of ether oxygens (including phenoxy) is 1. The van der Waals surface area contributed by atoms with Crippen molar-refractivity contribution >= 4 is 35.0 Å². The number of amides is 3. The molecule has 3 aliphatic heterocycles. The number of likely N-dealkylation sites (tertiary alicyclic amines) is 1. The molecule has 0 aromatic heterocycles. The predicted octanol–water partition coefficient (Wildman–Crippen LogP) is 3.52. The molecule has 2 bridgehead atoms. The van der Waals surface area contributed by atoms with Crippen LogP contribution in [0.1, 0.15) is 44.6 Å². The lowest BCUT2D eigenvalue weighted by Crippen LogP contribution is -2.53. The van der Waals surface area contributed by atoms with Crippen LogP contribution in [0.15, 0.2) is 54.6 Å². The number of para-hydroxylation sites is 1. The van der Waals surface area contributed by atoms with Gasteiger partial charge >= 0.3 is 0 Å². The number of carbonyl (C=O) groups is 3. The highest BCUT2D eigenvalue weighted by atomic mass is 35.5. The second kappa shape index (κ2) is 10.7. The van der Waals surface area contributed by atoms with Crippen LogP contribution in [-0.2, 0) is 25.7 Å². The predicted molar refractivity (Wildman–Crippen MR) is 143 cm³/mol. The number of nitrogens with zero attached hydrogens (tertiary/aromatic N) is 1. The van der Waals surface area contributed by atoms with Crippen LogP contribution in [0.25, 0.3) is 0 Å². The molecule has 3 heterocycles. The Kier molecular flexibility index (Phi) is 7.49. The van der Waals surface area contributed by atoms with Gasteiger partial charge in [-0.25, -0.2) is 0 Å². The van der Waals surface area contributed by atoms with E-state index in [0.29, 0.717) is 49.5 Å². The van der Waals surface area contributed by atoms with Gasteiger partial charge in [-0.05, 0) is 56.7 Å². The van der Waals surface area contributed by atoms with Crippen LogP contribution in [0, 0.1) is 11.8 Å². The van der Waals surface area contributed by atoms with Gasteiger partial charge in [0, 0.05) is 19.7 Å². The molecule has 0 saturated carbocycles. The van der Waals surface area contributed by atoms with E-state index in [1.165, 1.54) is 0 Å². The highest BCUT2D eigenvalue weighted by Crippen LogP contribution is 2.63. The SMILES string of the molecule is C[C@]12CCC3(O1)C(C(=O)Nc1ccccc1Cl)N(CCCCCO)C(=O)[C@@H]3[C@H]2C(=O)NCc1ccccc1. The Balaban J connectivity index is 1.44. The Bertz CT molecular complexity index is 1210. The zero-order valence-electron chi connectivity index (χ0n) is 21.5. The third-order valence-corrected chi connectivity index (χ3v) is 8.64. The average molecular weight is 540 g/mol. The van der Waals surface area contributed by atoms with Crippen LogP contribution in [-0.4, -0.2) is 58.1 Å². The summed E-state index contributed by atoms with van der Waals surface area (Å²) in [6, 6.07) is 15.7. The molecule has 2 unspecified atom stereocenters. The summed E-state index contributed by atoms with van der Waals surface area (Å²) in [4.78, 5) is 43.1. The zero-order chi connectivity index (χ0) is 26.9. The minimum Gasteiger partial charge on any atom is -0.396 e. The summed E-state index contributed by atoms with van der Waals surface area (Å²) in [6.07, 6.45) is 3.06. The molecule has 1 spiro atoms. The summed E-state index contributed by atoms with van der Waals surface area (Å²) in [6.45, 7) is 2.65. The van der Waals surface area contributed by atoms with E-state index in [0.717, 1.165) is 12.0 Å². The largest absolute Gasteiger partial charge is 0.396 e. The molecule has 5 rings (SSSR count). The number of halogens is 1. The first-order valence-electron chi connectivity index (χ1n) is 13.3. The number of anilines is 1. The molecule has 3 aliphatic rings. The number of fused-ring (bicyclic) bond motifs is 1. The van der Waals surface area contributed by atoms with Crippen molar-refractivity contribution in [1.29, 1.82) is 0 Å². The number of aliphatic hydroxyl groups is 1. The van der Waals surface area contributed by atoms with E-state index in [2.05, 4.69) is 10.6 Å². The summed E-state index contributed by atoms with van der Waals surface area (Å²) in [7, 11) is 0. The summed E-state index contributed by atoms with van der Waals surface area (Å²) in [5, 5.41) is 15.5. The van der Waals surface area contributed by atoms with Gasteiger partial charge < -0.3 is 25.4 Å². The van der Waals surface area contributed by atoms with Gasteiger partial charge in [0.25, 0.3) is 0 Å². The molecule has 3 saturated heterocycles. The van der Waals surface area contributed by atoms with Gasteiger partial charge in [-0.1, -0.05) is 54.1 Å². The van der Waals surface area contributed by atoms with Crippen LogP contribution >= 0.6 is 11.6 Å². The zero-order valence-corrected chi connectivity index (χ0v) is 22.2. The Morgan fingerprint density at radius 3 is 2.53 bits per heavy atom. The molecule has 0 aliphatic carbocycles. The molecule has 38 heavy (non-hydrogen) atoms. The smallest absolute Gasteiger partial charge is 0.250 e. The monoisotopic (exact) mass is 539 g/mol. The molecular formula is C29H34ClN3O5. The molecule has 3 amide bonds.